The van der Waals surface area contributed by atoms with Crippen LogP contribution in [0.4, 0.5) is 13.2 Å². The lowest BCUT2D eigenvalue weighted by Crippen LogP contribution is -2.13. The maximum Gasteiger partial charge on any atom is 0.417 e. The molecular weight excluding hydrogens is 275 g/mol. The van der Waals surface area contributed by atoms with E-state index in [0.717, 1.165) is 0 Å². The van der Waals surface area contributed by atoms with Gasteiger partial charge in [0.1, 0.15) is 5.15 Å². The molecule has 0 unspecified atom stereocenters. The topological polar surface area (TPSA) is 12.9 Å². The normalized spacial score (nSPS) is 11.2. The highest BCUT2D eigenvalue weighted by Gasteiger charge is 2.35. The van der Waals surface area contributed by atoms with Gasteiger partial charge in [0, 0.05) is 5.56 Å². The van der Waals surface area contributed by atoms with Gasteiger partial charge < -0.3 is 0 Å². The molecule has 0 saturated carbocycles. The maximum atomic E-state index is 12.8. The molecule has 0 aliphatic carbocycles. The summed E-state index contributed by atoms with van der Waals surface area (Å²) in [6.07, 6.45) is -2.68. The molecule has 19 heavy (non-hydrogen) atoms. The second-order valence-corrected chi connectivity index (χ2v) is 4.28. The van der Waals surface area contributed by atoms with E-state index in [-0.39, 0.29) is 16.4 Å². The lowest BCUT2D eigenvalue weighted by atomic mass is 9.96. The number of halogens is 4. The Morgan fingerprint density at radius 1 is 1.42 bits per heavy atom. The SMILES string of the molecule is C=Cc1c(C(=C)CC)cc(Cl)nc1C(=C)C(F)(F)F. The third-order valence-corrected chi connectivity index (χ3v) is 2.86. The van der Waals surface area contributed by atoms with Crippen molar-refractivity contribution in [1.29, 1.82) is 0 Å². The molecule has 5 heteroatoms. The Morgan fingerprint density at radius 3 is 2.42 bits per heavy atom. The standard InChI is InChI=1S/C14H13ClF3N/c1-5-8(3)11-7-12(15)19-13(10(11)6-2)9(4)14(16,17)18/h6-7H,2-5H2,1H3. The van der Waals surface area contributed by atoms with Gasteiger partial charge in [0.05, 0.1) is 11.3 Å². The summed E-state index contributed by atoms with van der Waals surface area (Å²) in [4.78, 5) is 3.72. The Morgan fingerprint density at radius 2 is 2.00 bits per heavy atom. The number of aromatic nitrogens is 1. The fourth-order valence-electron chi connectivity index (χ4n) is 1.58. The molecular formula is C14H13ClF3N. The van der Waals surface area contributed by atoms with Gasteiger partial charge in [0.2, 0.25) is 0 Å². The van der Waals surface area contributed by atoms with E-state index >= 15 is 0 Å². The van der Waals surface area contributed by atoms with Gasteiger partial charge in [-0.1, -0.05) is 44.3 Å². The zero-order valence-electron chi connectivity index (χ0n) is 10.4. The van der Waals surface area contributed by atoms with Gasteiger partial charge in [-0.3, -0.25) is 0 Å². The monoisotopic (exact) mass is 287 g/mol. The lowest BCUT2D eigenvalue weighted by Gasteiger charge is -2.16. The van der Waals surface area contributed by atoms with Gasteiger partial charge in [-0.2, -0.15) is 13.2 Å². The maximum absolute atomic E-state index is 12.8. The summed E-state index contributed by atoms with van der Waals surface area (Å²) in [7, 11) is 0. The van der Waals surface area contributed by atoms with Crippen LogP contribution in [-0.4, -0.2) is 11.2 Å². The smallest absolute Gasteiger partial charge is 0.235 e. The zero-order chi connectivity index (χ0) is 14.8. The van der Waals surface area contributed by atoms with Gasteiger partial charge in [-0.05, 0) is 23.6 Å². The molecule has 102 valence electrons. The summed E-state index contributed by atoms with van der Waals surface area (Å²) in [6.45, 7) is 12.2. The van der Waals surface area contributed by atoms with E-state index in [2.05, 4.69) is 24.7 Å². The molecule has 1 aromatic rings. The van der Waals surface area contributed by atoms with Crippen molar-refractivity contribution in [2.24, 2.45) is 0 Å². The van der Waals surface area contributed by atoms with Crippen molar-refractivity contribution in [2.45, 2.75) is 19.5 Å². The molecule has 0 N–H and O–H groups in total. The first-order valence-electron chi connectivity index (χ1n) is 5.50. The van der Waals surface area contributed by atoms with Crippen LogP contribution < -0.4 is 0 Å². The number of hydrogen-bond acceptors (Lipinski definition) is 1. The Balaban J connectivity index is 3.57. The summed E-state index contributed by atoms with van der Waals surface area (Å²) in [5.74, 6) is 0. The highest BCUT2D eigenvalue weighted by atomic mass is 35.5. The van der Waals surface area contributed by atoms with Crippen LogP contribution in [0.5, 0.6) is 0 Å². The van der Waals surface area contributed by atoms with Gasteiger partial charge in [-0.15, -0.1) is 0 Å². The number of pyridine rings is 1. The number of nitrogens with zero attached hydrogens (tertiary/aromatic N) is 1. The van der Waals surface area contributed by atoms with E-state index in [1.54, 1.807) is 0 Å². The van der Waals surface area contributed by atoms with Gasteiger partial charge in [0.25, 0.3) is 0 Å². The fraction of sp³-hybridized carbons (Fsp3) is 0.214. The van der Waals surface area contributed by atoms with E-state index in [9.17, 15) is 13.2 Å². The molecule has 0 atom stereocenters. The number of hydrogen-bond donors (Lipinski definition) is 0. The fourth-order valence-corrected chi connectivity index (χ4v) is 1.77. The second kappa shape index (κ2) is 5.61. The zero-order valence-corrected chi connectivity index (χ0v) is 11.2. The number of alkyl halides is 3. The van der Waals surface area contributed by atoms with Crippen LogP contribution in [-0.2, 0) is 0 Å². The number of allylic oxidation sites excluding steroid dienone is 2. The van der Waals surface area contributed by atoms with Crippen LogP contribution in [0.2, 0.25) is 5.15 Å². The van der Waals surface area contributed by atoms with Crippen molar-refractivity contribution in [1.82, 2.24) is 4.98 Å². The van der Waals surface area contributed by atoms with Crippen LogP contribution in [0, 0.1) is 0 Å². The first-order valence-corrected chi connectivity index (χ1v) is 5.87. The van der Waals surface area contributed by atoms with Crippen LogP contribution in [0.15, 0.2) is 25.8 Å². The summed E-state index contributed by atoms with van der Waals surface area (Å²) < 4.78 is 38.3. The van der Waals surface area contributed by atoms with Crippen molar-refractivity contribution in [3.05, 3.63) is 47.8 Å². The van der Waals surface area contributed by atoms with Crippen LogP contribution in [0.25, 0.3) is 17.2 Å². The summed E-state index contributed by atoms with van der Waals surface area (Å²) in [5, 5.41) is -0.0319. The van der Waals surface area contributed by atoms with E-state index in [1.165, 1.54) is 12.1 Å². The molecule has 0 saturated heterocycles. The Labute approximate surface area is 115 Å². The molecule has 1 aromatic heterocycles. The van der Waals surface area contributed by atoms with Crippen molar-refractivity contribution in [3.63, 3.8) is 0 Å². The number of rotatable bonds is 4. The van der Waals surface area contributed by atoms with E-state index < -0.39 is 11.7 Å². The van der Waals surface area contributed by atoms with Crippen LogP contribution >= 0.6 is 11.6 Å². The van der Waals surface area contributed by atoms with E-state index in [1.807, 2.05) is 6.92 Å². The van der Waals surface area contributed by atoms with Crippen LogP contribution in [0.3, 0.4) is 0 Å². The Kier molecular flexibility index (Phi) is 4.58. The summed E-state index contributed by atoms with van der Waals surface area (Å²) in [5.41, 5.74) is 0.0709. The third-order valence-electron chi connectivity index (χ3n) is 2.67. The highest BCUT2D eigenvalue weighted by molar-refractivity contribution is 6.29. The minimum atomic E-state index is -4.57. The molecule has 0 fully saturated rings. The first-order chi connectivity index (χ1) is 8.72. The second-order valence-electron chi connectivity index (χ2n) is 3.89. The average Bonchev–Trinajstić information content (AvgIpc) is 2.34. The quantitative estimate of drug-likeness (QED) is 0.678. The molecule has 0 aromatic carbocycles. The van der Waals surface area contributed by atoms with Crippen LogP contribution in [0.1, 0.15) is 30.2 Å². The predicted molar refractivity (Wildman–Crippen MR) is 73.8 cm³/mol. The third kappa shape index (κ3) is 3.26. The average molecular weight is 288 g/mol. The molecule has 1 nitrogen and oxygen atoms in total. The molecule has 0 spiro atoms. The van der Waals surface area contributed by atoms with Gasteiger partial charge >= 0.3 is 6.18 Å². The minimum absolute atomic E-state index is 0.0319. The summed E-state index contributed by atoms with van der Waals surface area (Å²) in [6, 6.07) is 1.48. The predicted octanol–water partition coefficient (Wildman–Crippen LogP) is 5.38. The van der Waals surface area contributed by atoms with Gasteiger partial charge in [-0.25, -0.2) is 4.98 Å². The van der Waals surface area contributed by atoms with Crippen molar-refractivity contribution < 1.29 is 13.2 Å². The molecule has 0 aliphatic heterocycles. The molecule has 1 heterocycles. The Hall–Kier alpha value is -1.55. The van der Waals surface area contributed by atoms with E-state index in [0.29, 0.717) is 17.6 Å². The Bertz CT molecular complexity index is 544. The molecule has 1 rings (SSSR count). The minimum Gasteiger partial charge on any atom is -0.235 e. The highest BCUT2D eigenvalue weighted by Crippen LogP contribution is 2.36. The molecule has 0 radical (unpaired) electrons. The van der Waals surface area contributed by atoms with Crippen molar-refractivity contribution in [3.8, 4) is 0 Å². The summed E-state index contributed by atoms with van der Waals surface area (Å²) >= 11 is 5.78. The van der Waals surface area contributed by atoms with Crippen molar-refractivity contribution >= 4 is 28.8 Å². The largest absolute Gasteiger partial charge is 0.417 e. The molecule has 0 aliphatic rings. The first kappa shape index (κ1) is 15.5. The lowest BCUT2D eigenvalue weighted by molar-refractivity contribution is -0.0689. The van der Waals surface area contributed by atoms with Gasteiger partial charge in [0.15, 0.2) is 0 Å². The van der Waals surface area contributed by atoms with Crippen molar-refractivity contribution in [2.75, 3.05) is 0 Å². The van der Waals surface area contributed by atoms with E-state index in [4.69, 9.17) is 11.6 Å². The molecule has 0 bridgehead atoms. The molecule has 0 amide bonds.